The lowest BCUT2D eigenvalue weighted by atomic mass is 9.74. The van der Waals surface area contributed by atoms with Crippen LogP contribution in [-0.2, 0) is 14.9 Å². The summed E-state index contributed by atoms with van der Waals surface area (Å²) < 4.78 is 51.8. The smallest absolute Gasteiger partial charge is 0.387 e. The lowest BCUT2D eigenvalue weighted by Crippen LogP contribution is -2.44. The molecule has 2 heterocycles. The van der Waals surface area contributed by atoms with E-state index < -0.39 is 6.61 Å². The van der Waals surface area contributed by atoms with Gasteiger partial charge < -0.3 is 29.0 Å². The summed E-state index contributed by atoms with van der Waals surface area (Å²) in [5, 5.41) is 2.94. The SMILES string of the molecule is COc1cccc(/C=C/C(=O)NCC2(c3ccc4c(c3)OCO4)CCOCC2)c1OC(F)F. The van der Waals surface area contributed by atoms with E-state index >= 15 is 0 Å². The van der Waals surface area contributed by atoms with Crippen LogP contribution in [0.3, 0.4) is 0 Å². The fourth-order valence-corrected chi connectivity index (χ4v) is 4.08. The molecule has 1 fully saturated rings. The van der Waals surface area contributed by atoms with E-state index in [0.29, 0.717) is 36.8 Å². The molecule has 1 N–H and O–H groups in total. The van der Waals surface area contributed by atoms with Crippen LogP contribution in [0.15, 0.2) is 42.5 Å². The molecule has 0 atom stereocenters. The van der Waals surface area contributed by atoms with Crippen LogP contribution < -0.4 is 24.3 Å². The van der Waals surface area contributed by atoms with Gasteiger partial charge in [0.2, 0.25) is 12.7 Å². The number of methoxy groups -OCH3 is 1. The molecule has 1 saturated heterocycles. The van der Waals surface area contributed by atoms with Crippen molar-refractivity contribution in [1.29, 1.82) is 0 Å². The van der Waals surface area contributed by atoms with Crippen LogP contribution in [-0.4, -0.2) is 46.2 Å². The zero-order valence-electron chi connectivity index (χ0n) is 18.1. The minimum atomic E-state index is -3.02. The highest BCUT2D eigenvalue weighted by Gasteiger charge is 2.36. The summed E-state index contributed by atoms with van der Waals surface area (Å²) in [4.78, 5) is 12.6. The van der Waals surface area contributed by atoms with Crippen molar-refractivity contribution < 1.29 is 37.3 Å². The van der Waals surface area contributed by atoms with Gasteiger partial charge in [-0.15, -0.1) is 0 Å². The third-order valence-corrected chi connectivity index (χ3v) is 5.89. The Bertz CT molecular complexity index is 1020. The van der Waals surface area contributed by atoms with Crippen molar-refractivity contribution in [2.24, 2.45) is 0 Å². The van der Waals surface area contributed by atoms with Gasteiger partial charge in [-0.05, 0) is 42.7 Å². The number of alkyl halides is 2. The highest BCUT2D eigenvalue weighted by atomic mass is 19.3. The van der Waals surface area contributed by atoms with Crippen LogP contribution in [0.1, 0.15) is 24.0 Å². The van der Waals surface area contributed by atoms with E-state index in [-0.39, 0.29) is 29.6 Å². The van der Waals surface area contributed by atoms with E-state index in [1.54, 1.807) is 12.1 Å². The Morgan fingerprint density at radius 3 is 2.73 bits per heavy atom. The van der Waals surface area contributed by atoms with Crippen molar-refractivity contribution in [3.8, 4) is 23.0 Å². The van der Waals surface area contributed by atoms with Crippen molar-refractivity contribution >= 4 is 12.0 Å². The number of benzene rings is 2. The van der Waals surface area contributed by atoms with E-state index in [9.17, 15) is 13.6 Å². The molecule has 0 saturated carbocycles. The summed E-state index contributed by atoms with van der Waals surface area (Å²) in [6.07, 6.45) is 4.18. The van der Waals surface area contributed by atoms with E-state index in [4.69, 9.17) is 18.9 Å². The van der Waals surface area contributed by atoms with Crippen molar-refractivity contribution in [3.05, 3.63) is 53.6 Å². The minimum Gasteiger partial charge on any atom is -0.493 e. The molecule has 176 valence electrons. The second kappa shape index (κ2) is 10.1. The number of para-hydroxylation sites is 1. The van der Waals surface area contributed by atoms with Gasteiger partial charge in [0.25, 0.3) is 0 Å². The molecule has 0 radical (unpaired) electrons. The fraction of sp³-hybridized carbons (Fsp3) is 0.375. The van der Waals surface area contributed by atoms with E-state index in [1.165, 1.54) is 25.3 Å². The molecule has 0 aromatic heterocycles. The number of hydrogen-bond donors (Lipinski definition) is 1. The molecule has 0 spiro atoms. The van der Waals surface area contributed by atoms with Gasteiger partial charge >= 0.3 is 6.61 Å². The lowest BCUT2D eigenvalue weighted by Gasteiger charge is -2.38. The second-order valence-electron chi connectivity index (χ2n) is 7.77. The number of carbonyl (C=O) groups excluding carboxylic acids is 1. The van der Waals surface area contributed by atoms with Crippen LogP contribution in [0.25, 0.3) is 6.08 Å². The number of fused-ring (bicyclic) bond motifs is 1. The number of ether oxygens (including phenoxy) is 5. The molecule has 0 unspecified atom stereocenters. The molecule has 2 aromatic rings. The van der Waals surface area contributed by atoms with Gasteiger partial charge in [0, 0.05) is 36.8 Å². The Kier molecular flexibility index (Phi) is 6.98. The third-order valence-electron chi connectivity index (χ3n) is 5.89. The monoisotopic (exact) mass is 461 g/mol. The van der Waals surface area contributed by atoms with Crippen molar-refractivity contribution in [2.45, 2.75) is 24.9 Å². The predicted octanol–water partition coefficient (Wildman–Crippen LogP) is 3.90. The van der Waals surface area contributed by atoms with Gasteiger partial charge in [-0.25, -0.2) is 0 Å². The molecule has 9 heteroatoms. The van der Waals surface area contributed by atoms with Gasteiger partial charge in [0.15, 0.2) is 23.0 Å². The van der Waals surface area contributed by atoms with Gasteiger partial charge in [-0.1, -0.05) is 18.2 Å². The minimum absolute atomic E-state index is 0.125. The Hall–Kier alpha value is -3.33. The molecule has 2 aromatic carbocycles. The molecule has 1 amide bonds. The first kappa shape index (κ1) is 22.8. The van der Waals surface area contributed by atoms with E-state index in [0.717, 1.165) is 18.4 Å². The molecule has 0 bridgehead atoms. The van der Waals surface area contributed by atoms with Crippen molar-refractivity contribution in [3.63, 3.8) is 0 Å². The number of nitrogens with one attached hydrogen (secondary N) is 1. The Labute approximate surface area is 190 Å². The number of halogens is 2. The van der Waals surface area contributed by atoms with E-state index in [1.807, 2.05) is 18.2 Å². The first-order valence-corrected chi connectivity index (χ1v) is 10.6. The summed E-state index contributed by atoms with van der Waals surface area (Å²) in [5.74, 6) is 1.07. The topological polar surface area (TPSA) is 75.3 Å². The number of carbonyl (C=O) groups is 1. The zero-order valence-corrected chi connectivity index (χ0v) is 18.1. The molecular formula is C24H25F2NO6. The van der Waals surface area contributed by atoms with Crippen LogP contribution in [0, 0.1) is 0 Å². The maximum atomic E-state index is 12.8. The Morgan fingerprint density at radius 2 is 1.97 bits per heavy atom. The van der Waals surface area contributed by atoms with Gasteiger partial charge in [-0.2, -0.15) is 8.78 Å². The summed E-state index contributed by atoms with van der Waals surface area (Å²) in [6, 6.07) is 10.5. The predicted molar refractivity (Wildman–Crippen MR) is 116 cm³/mol. The summed E-state index contributed by atoms with van der Waals surface area (Å²) in [7, 11) is 1.36. The molecule has 4 rings (SSSR count). The van der Waals surface area contributed by atoms with Crippen LogP contribution in [0.2, 0.25) is 0 Å². The van der Waals surface area contributed by atoms with Crippen molar-refractivity contribution in [1.82, 2.24) is 5.32 Å². The highest BCUT2D eigenvalue weighted by Crippen LogP contribution is 2.40. The molecular weight excluding hydrogens is 436 g/mol. The standard InChI is InChI=1S/C24H25F2NO6/c1-29-19-4-2-3-16(22(19)33-23(25)26)5-8-21(28)27-14-24(9-11-30-12-10-24)17-6-7-18-20(13-17)32-15-31-18/h2-8,13,23H,9-12,14-15H2,1H3,(H,27,28)/b8-5+. The van der Waals surface area contributed by atoms with E-state index in [2.05, 4.69) is 10.1 Å². The highest BCUT2D eigenvalue weighted by molar-refractivity contribution is 5.92. The number of amides is 1. The largest absolute Gasteiger partial charge is 0.493 e. The fourth-order valence-electron chi connectivity index (χ4n) is 4.08. The first-order chi connectivity index (χ1) is 16.0. The number of hydrogen-bond acceptors (Lipinski definition) is 6. The Balaban J connectivity index is 1.48. The lowest BCUT2D eigenvalue weighted by molar-refractivity contribution is -0.116. The summed E-state index contributed by atoms with van der Waals surface area (Å²) >= 11 is 0. The first-order valence-electron chi connectivity index (χ1n) is 10.6. The zero-order chi connectivity index (χ0) is 23.3. The average molecular weight is 461 g/mol. The van der Waals surface area contributed by atoms with Gasteiger partial charge in [0.05, 0.1) is 7.11 Å². The van der Waals surface area contributed by atoms with Gasteiger partial charge in [-0.3, -0.25) is 4.79 Å². The Morgan fingerprint density at radius 1 is 1.18 bits per heavy atom. The maximum absolute atomic E-state index is 12.8. The third kappa shape index (κ3) is 5.19. The normalized spacial score (nSPS) is 16.7. The van der Waals surface area contributed by atoms with Crippen LogP contribution in [0.5, 0.6) is 23.0 Å². The molecule has 7 nitrogen and oxygen atoms in total. The average Bonchev–Trinajstić information content (AvgIpc) is 3.30. The van der Waals surface area contributed by atoms with Gasteiger partial charge in [0.1, 0.15) is 0 Å². The molecule has 33 heavy (non-hydrogen) atoms. The van der Waals surface area contributed by atoms with Crippen molar-refractivity contribution in [2.75, 3.05) is 33.7 Å². The van der Waals surface area contributed by atoms with Crippen LogP contribution in [0.4, 0.5) is 8.78 Å². The van der Waals surface area contributed by atoms with Crippen LogP contribution >= 0.6 is 0 Å². The maximum Gasteiger partial charge on any atom is 0.387 e. The quantitative estimate of drug-likeness (QED) is 0.601. The second-order valence-corrected chi connectivity index (χ2v) is 7.77. The summed E-state index contributed by atoms with van der Waals surface area (Å²) in [5.41, 5.74) is 1.03. The molecule has 0 aliphatic carbocycles. The molecule has 2 aliphatic rings. The number of rotatable bonds is 8. The molecule has 2 aliphatic heterocycles. The summed E-state index contributed by atoms with van der Waals surface area (Å²) in [6.45, 7) is -1.27.